The average Bonchev–Trinajstić information content (AvgIpc) is 2.71. The predicted octanol–water partition coefficient (Wildman–Crippen LogP) is 1.64. The molecule has 1 atom stereocenters. The van der Waals surface area contributed by atoms with Gasteiger partial charge in [0.05, 0.1) is 5.69 Å². The van der Waals surface area contributed by atoms with E-state index in [1.54, 1.807) is 35.2 Å². The number of rotatable bonds is 5. The lowest BCUT2D eigenvalue weighted by molar-refractivity contribution is 0.364. The van der Waals surface area contributed by atoms with Crippen LogP contribution in [0.15, 0.2) is 53.2 Å². The zero-order chi connectivity index (χ0) is 20.1. The molecule has 1 aliphatic heterocycles. The Morgan fingerprint density at radius 1 is 1.46 bits per heavy atom. The van der Waals surface area contributed by atoms with Crippen molar-refractivity contribution in [3.63, 3.8) is 0 Å². The Balaban J connectivity index is 2.03. The van der Waals surface area contributed by atoms with Crippen LogP contribution in [0.3, 0.4) is 0 Å². The van der Waals surface area contributed by atoms with Gasteiger partial charge in [0.15, 0.2) is 5.82 Å². The fraction of sp³-hybridized carbons (Fsp3) is 0.250. The summed E-state index contributed by atoms with van der Waals surface area (Å²) in [6, 6.07) is 5.02. The molecule has 2 aromatic rings. The van der Waals surface area contributed by atoms with E-state index in [2.05, 4.69) is 21.9 Å². The summed E-state index contributed by atoms with van der Waals surface area (Å²) >= 11 is 0. The number of benzene rings is 1. The van der Waals surface area contributed by atoms with E-state index in [0.29, 0.717) is 23.4 Å². The van der Waals surface area contributed by atoms with E-state index in [0.717, 1.165) is 24.9 Å². The van der Waals surface area contributed by atoms with Crippen LogP contribution >= 0.6 is 0 Å². The first-order valence-electron chi connectivity index (χ1n) is 9.03. The molecule has 0 spiro atoms. The Labute approximate surface area is 162 Å². The van der Waals surface area contributed by atoms with Gasteiger partial charge in [0.1, 0.15) is 5.75 Å². The number of hydrogen-bond acceptors (Lipinski definition) is 7. The number of allylic oxidation sites excluding steroid dienone is 1. The zero-order valence-corrected chi connectivity index (χ0v) is 15.5. The number of anilines is 1. The summed E-state index contributed by atoms with van der Waals surface area (Å²) in [5, 5.41) is 13.7. The van der Waals surface area contributed by atoms with Crippen molar-refractivity contribution >= 4 is 17.6 Å². The molecule has 1 aromatic heterocycles. The maximum atomic E-state index is 12.5. The number of phenols is 1. The Morgan fingerprint density at radius 3 is 3.00 bits per heavy atom. The fourth-order valence-corrected chi connectivity index (χ4v) is 3.20. The van der Waals surface area contributed by atoms with Crippen LogP contribution < -0.4 is 22.3 Å². The SMILES string of the molecule is C=C(/C=N\C=C/N)c1ccc(O)c(-c2cn(C3CCCNC3)c(=O)c(N)n2)c1. The smallest absolute Gasteiger partial charge is 0.293 e. The first-order chi connectivity index (χ1) is 13.5. The van der Waals surface area contributed by atoms with Crippen LogP contribution in [0, 0.1) is 0 Å². The van der Waals surface area contributed by atoms with Gasteiger partial charge < -0.3 is 26.5 Å². The third-order valence-corrected chi connectivity index (χ3v) is 4.67. The molecule has 0 saturated carbocycles. The molecule has 0 bridgehead atoms. The highest BCUT2D eigenvalue weighted by Gasteiger charge is 2.19. The molecule has 8 heteroatoms. The molecule has 3 rings (SSSR count). The minimum atomic E-state index is -0.321. The maximum Gasteiger partial charge on any atom is 0.293 e. The van der Waals surface area contributed by atoms with Gasteiger partial charge in [-0.15, -0.1) is 0 Å². The van der Waals surface area contributed by atoms with Crippen molar-refractivity contribution in [1.82, 2.24) is 14.9 Å². The van der Waals surface area contributed by atoms with Gasteiger partial charge in [-0.05, 0) is 42.7 Å². The summed E-state index contributed by atoms with van der Waals surface area (Å²) in [5.74, 6) is -0.0597. The lowest BCUT2D eigenvalue weighted by Gasteiger charge is -2.25. The van der Waals surface area contributed by atoms with Crippen LogP contribution in [0.5, 0.6) is 5.75 Å². The van der Waals surface area contributed by atoms with Gasteiger partial charge in [0.25, 0.3) is 5.56 Å². The summed E-state index contributed by atoms with van der Waals surface area (Å²) < 4.78 is 1.61. The lowest BCUT2D eigenvalue weighted by atomic mass is 10.0. The van der Waals surface area contributed by atoms with Crippen LogP contribution in [0.4, 0.5) is 5.82 Å². The van der Waals surface area contributed by atoms with E-state index in [1.807, 2.05) is 0 Å². The van der Waals surface area contributed by atoms with Crippen LogP contribution in [0.2, 0.25) is 0 Å². The first-order valence-corrected chi connectivity index (χ1v) is 9.03. The van der Waals surface area contributed by atoms with Crippen molar-refractivity contribution in [2.24, 2.45) is 10.7 Å². The van der Waals surface area contributed by atoms with Crippen molar-refractivity contribution < 1.29 is 5.11 Å². The number of nitrogens with one attached hydrogen (secondary N) is 1. The lowest BCUT2D eigenvalue weighted by Crippen LogP contribution is -2.37. The van der Waals surface area contributed by atoms with Gasteiger partial charge in [0.2, 0.25) is 0 Å². The molecule has 28 heavy (non-hydrogen) atoms. The second kappa shape index (κ2) is 8.53. The van der Waals surface area contributed by atoms with Crippen LogP contribution in [-0.2, 0) is 0 Å². The largest absolute Gasteiger partial charge is 0.507 e. The second-order valence-corrected chi connectivity index (χ2v) is 6.60. The Hall–Kier alpha value is -3.39. The first kappa shape index (κ1) is 19.4. The van der Waals surface area contributed by atoms with Crippen LogP contribution in [0.25, 0.3) is 16.8 Å². The van der Waals surface area contributed by atoms with Crippen LogP contribution in [-0.4, -0.2) is 34.0 Å². The summed E-state index contributed by atoms with van der Waals surface area (Å²) in [7, 11) is 0. The monoisotopic (exact) mass is 380 g/mol. The molecule has 8 nitrogen and oxygen atoms in total. The van der Waals surface area contributed by atoms with E-state index in [-0.39, 0.29) is 23.2 Å². The van der Waals surface area contributed by atoms with E-state index >= 15 is 0 Å². The Morgan fingerprint density at radius 2 is 2.29 bits per heavy atom. The van der Waals surface area contributed by atoms with Gasteiger partial charge in [-0.1, -0.05) is 12.6 Å². The quantitative estimate of drug-likeness (QED) is 0.583. The van der Waals surface area contributed by atoms with E-state index in [4.69, 9.17) is 11.5 Å². The van der Waals surface area contributed by atoms with E-state index < -0.39 is 0 Å². The normalized spacial score (nSPS) is 17.4. The molecule has 1 unspecified atom stereocenters. The van der Waals surface area contributed by atoms with Gasteiger partial charge in [-0.2, -0.15) is 0 Å². The van der Waals surface area contributed by atoms with Gasteiger partial charge >= 0.3 is 0 Å². The number of nitrogens with zero attached hydrogens (tertiary/aromatic N) is 3. The summed E-state index contributed by atoms with van der Waals surface area (Å²) in [5.41, 5.74) is 13.1. The zero-order valence-electron chi connectivity index (χ0n) is 15.5. The molecule has 1 aliphatic rings. The average molecular weight is 380 g/mol. The van der Waals surface area contributed by atoms with Crippen molar-refractivity contribution in [1.29, 1.82) is 0 Å². The topological polar surface area (TPSA) is 132 Å². The number of aliphatic imine (C=N–C) groups is 1. The van der Waals surface area contributed by atoms with E-state index in [9.17, 15) is 9.90 Å². The number of phenolic OH excluding ortho intramolecular Hbond substituents is 1. The highest BCUT2D eigenvalue weighted by Crippen LogP contribution is 2.31. The van der Waals surface area contributed by atoms with Gasteiger partial charge in [0, 0.05) is 43.0 Å². The van der Waals surface area contributed by atoms with Crippen molar-refractivity contribution in [2.75, 3.05) is 18.8 Å². The summed E-state index contributed by atoms with van der Waals surface area (Å²) in [4.78, 5) is 20.7. The highest BCUT2D eigenvalue weighted by molar-refractivity contribution is 6.09. The van der Waals surface area contributed by atoms with E-state index in [1.165, 1.54) is 12.4 Å². The highest BCUT2D eigenvalue weighted by atomic mass is 16.3. The van der Waals surface area contributed by atoms with Gasteiger partial charge in [-0.25, -0.2) is 4.98 Å². The minimum absolute atomic E-state index is 0.000717. The van der Waals surface area contributed by atoms with Crippen molar-refractivity contribution in [2.45, 2.75) is 18.9 Å². The third-order valence-electron chi connectivity index (χ3n) is 4.67. The molecule has 0 aliphatic carbocycles. The van der Waals surface area contributed by atoms with Gasteiger partial charge in [-0.3, -0.25) is 9.79 Å². The maximum absolute atomic E-state index is 12.5. The molecule has 0 amide bonds. The van der Waals surface area contributed by atoms with Crippen molar-refractivity contribution in [3.05, 3.63) is 59.3 Å². The number of hydrogen-bond donors (Lipinski definition) is 4. The third kappa shape index (κ3) is 4.12. The Kier molecular flexibility index (Phi) is 5.90. The Bertz CT molecular complexity index is 987. The summed E-state index contributed by atoms with van der Waals surface area (Å²) in [6.07, 6.45) is 7.85. The molecule has 1 aromatic carbocycles. The number of aromatic nitrogens is 2. The predicted molar refractivity (Wildman–Crippen MR) is 112 cm³/mol. The molecule has 2 heterocycles. The van der Waals surface area contributed by atoms with Crippen molar-refractivity contribution in [3.8, 4) is 17.0 Å². The number of nitrogen functional groups attached to an aromatic ring is 1. The number of aromatic hydroxyl groups is 1. The molecule has 0 radical (unpaired) electrons. The fourth-order valence-electron chi connectivity index (χ4n) is 3.20. The standard InChI is InChI=1S/C20H24N6O2/c1-13(10-24-8-6-21)14-4-5-18(27)16(9-14)17-12-26(20(28)19(22)25-17)15-3-2-7-23-11-15/h4-6,8-10,12,15,23,27H,1-3,7,11,21H2,(H2,22,25)/b8-6-,24-10-. The second-order valence-electron chi connectivity index (χ2n) is 6.60. The molecule has 1 saturated heterocycles. The molecular formula is C20H24N6O2. The molecule has 146 valence electrons. The molecule has 1 fully saturated rings. The summed E-state index contributed by atoms with van der Waals surface area (Å²) in [6.45, 7) is 5.60. The number of nitrogens with two attached hydrogens (primary N) is 2. The molecular weight excluding hydrogens is 356 g/mol. The number of piperidine rings is 1. The van der Waals surface area contributed by atoms with Crippen LogP contribution in [0.1, 0.15) is 24.4 Å². The minimum Gasteiger partial charge on any atom is -0.507 e. The molecule has 6 N–H and O–H groups in total.